The lowest BCUT2D eigenvalue weighted by Crippen LogP contribution is -2.50. The van der Waals surface area contributed by atoms with Crippen molar-refractivity contribution in [3.05, 3.63) is 77.0 Å². The number of hydrogen-bond donors (Lipinski definition) is 3. The fourth-order valence-electron chi connectivity index (χ4n) is 4.74. The minimum Gasteiger partial charge on any atom is -0.465 e. The van der Waals surface area contributed by atoms with E-state index in [1.54, 1.807) is 6.20 Å². The number of para-hydroxylation sites is 1. The summed E-state index contributed by atoms with van der Waals surface area (Å²) in [6, 6.07) is 20.0. The third kappa shape index (κ3) is 3.13. The molecule has 2 aromatic carbocycles. The Morgan fingerprint density at radius 1 is 1.09 bits per heavy atom. The summed E-state index contributed by atoms with van der Waals surface area (Å²) in [7, 11) is 0. The molecule has 1 aliphatic heterocycles. The van der Waals surface area contributed by atoms with Gasteiger partial charge in [0, 0.05) is 17.3 Å². The predicted molar refractivity (Wildman–Crippen MR) is 130 cm³/mol. The monoisotopic (exact) mass is 501 g/mol. The molecule has 0 bridgehead atoms. The Bertz CT molecular complexity index is 1390. The van der Waals surface area contributed by atoms with Gasteiger partial charge in [-0.15, -0.1) is 0 Å². The Morgan fingerprint density at radius 2 is 1.88 bits per heavy atom. The molecule has 1 saturated carbocycles. The van der Waals surface area contributed by atoms with Gasteiger partial charge in [-0.3, -0.25) is 4.57 Å². The zero-order valence-electron chi connectivity index (χ0n) is 17.5. The van der Waals surface area contributed by atoms with E-state index in [0.717, 1.165) is 69.3 Å². The number of hydrogen-bond acceptors (Lipinski definition) is 4. The highest BCUT2D eigenvalue weighted by Gasteiger charge is 2.40. The number of nitrogens with zero attached hydrogens (tertiary/aromatic N) is 3. The average Bonchev–Trinajstić information content (AvgIpc) is 3.06. The number of nitrogens with one attached hydrogen (secondary N) is 2. The molecular weight excluding hydrogens is 482 g/mol. The van der Waals surface area contributed by atoms with Crippen LogP contribution in [0.2, 0.25) is 0 Å². The van der Waals surface area contributed by atoms with Gasteiger partial charge in [-0.05, 0) is 65.0 Å². The van der Waals surface area contributed by atoms with E-state index in [9.17, 15) is 9.90 Å². The molecule has 4 aromatic rings. The number of carbonyl (C=O) groups is 1. The van der Waals surface area contributed by atoms with Crippen molar-refractivity contribution in [3.8, 4) is 28.3 Å². The summed E-state index contributed by atoms with van der Waals surface area (Å²) in [5.74, 6) is 1.58. The second kappa shape index (κ2) is 7.45. The molecule has 3 N–H and O–H groups in total. The normalized spacial score (nSPS) is 15.2. The number of carboxylic acid groups (broad SMARTS) is 1. The van der Waals surface area contributed by atoms with E-state index >= 15 is 0 Å². The van der Waals surface area contributed by atoms with Crippen molar-refractivity contribution >= 4 is 33.5 Å². The van der Waals surface area contributed by atoms with Gasteiger partial charge < -0.3 is 15.7 Å². The van der Waals surface area contributed by atoms with Crippen molar-refractivity contribution in [1.29, 1.82) is 0 Å². The Balaban J connectivity index is 1.48. The number of aromatic nitrogens is 3. The summed E-state index contributed by atoms with van der Waals surface area (Å²) in [6.45, 7) is 0. The molecule has 0 spiro atoms. The van der Waals surface area contributed by atoms with Crippen LogP contribution >= 0.6 is 15.9 Å². The molecule has 6 rings (SSSR count). The number of imidazole rings is 1. The quantitative estimate of drug-likeness (QED) is 0.279. The lowest BCUT2D eigenvalue weighted by Gasteiger charge is -2.42. The number of benzene rings is 2. The lowest BCUT2D eigenvalue weighted by atomic mass is 9.72. The number of halogens is 1. The summed E-state index contributed by atoms with van der Waals surface area (Å²) >= 11 is 3.80. The smallest absolute Gasteiger partial charge is 0.405 e. The van der Waals surface area contributed by atoms with E-state index in [1.807, 2.05) is 60.7 Å². The van der Waals surface area contributed by atoms with Gasteiger partial charge in [0.15, 0.2) is 5.82 Å². The third-order valence-electron chi connectivity index (χ3n) is 6.53. The number of fused-ring (bicyclic) bond motifs is 5. The van der Waals surface area contributed by atoms with E-state index < -0.39 is 11.6 Å². The largest absolute Gasteiger partial charge is 0.465 e. The zero-order valence-corrected chi connectivity index (χ0v) is 19.1. The van der Waals surface area contributed by atoms with Crippen LogP contribution in [0.25, 0.3) is 28.3 Å². The Morgan fingerprint density at radius 3 is 2.61 bits per heavy atom. The van der Waals surface area contributed by atoms with Crippen molar-refractivity contribution in [1.82, 2.24) is 19.9 Å². The van der Waals surface area contributed by atoms with Crippen LogP contribution in [-0.4, -0.2) is 25.7 Å². The van der Waals surface area contributed by atoms with Crippen LogP contribution in [-0.2, 0) is 5.54 Å². The maximum Gasteiger partial charge on any atom is 0.405 e. The van der Waals surface area contributed by atoms with Gasteiger partial charge in [0.05, 0.1) is 16.9 Å². The molecule has 3 heterocycles. The first-order valence-electron chi connectivity index (χ1n) is 10.8. The van der Waals surface area contributed by atoms with E-state index in [0.29, 0.717) is 0 Å². The van der Waals surface area contributed by atoms with Gasteiger partial charge in [0.25, 0.3) is 0 Å². The van der Waals surface area contributed by atoms with Crippen molar-refractivity contribution in [3.63, 3.8) is 0 Å². The minimum absolute atomic E-state index is 0.484. The first-order chi connectivity index (χ1) is 16.1. The molecule has 0 atom stereocenters. The standard InChI is InChI=1S/C25H20BrN5O2/c26-21-20(15-8-10-16(11-9-15)25(12-4-13-25)30-24(32)33)29-23-17-5-1-2-6-18(17)28-22-19(31(21)23)7-3-14-27-22/h1-3,5-11,14,30H,4,12-13H2,(H,27,28)(H,32,33). The second-order valence-electron chi connectivity index (χ2n) is 8.40. The van der Waals surface area contributed by atoms with E-state index in [2.05, 4.69) is 36.1 Å². The van der Waals surface area contributed by atoms with Gasteiger partial charge in [-0.2, -0.15) is 0 Å². The summed E-state index contributed by atoms with van der Waals surface area (Å²) in [5.41, 5.74) is 5.11. The van der Waals surface area contributed by atoms with E-state index in [1.165, 1.54) is 0 Å². The van der Waals surface area contributed by atoms with Crippen molar-refractivity contribution in [2.24, 2.45) is 0 Å². The SMILES string of the molecule is O=C(O)NC1(c2ccc(-c3nc4n(c3Br)-c3cccnc3Nc3ccccc3-4)cc2)CCC1. The number of rotatable bonds is 3. The van der Waals surface area contributed by atoms with Crippen LogP contribution in [0.4, 0.5) is 16.3 Å². The highest BCUT2D eigenvalue weighted by atomic mass is 79.9. The topological polar surface area (TPSA) is 92.1 Å². The van der Waals surface area contributed by atoms with Crippen LogP contribution < -0.4 is 10.6 Å². The fraction of sp³-hybridized carbons (Fsp3) is 0.160. The first-order valence-corrected chi connectivity index (χ1v) is 11.6. The van der Waals surface area contributed by atoms with Crippen LogP contribution in [0.15, 0.2) is 71.5 Å². The summed E-state index contributed by atoms with van der Waals surface area (Å²) in [5, 5.41) is 15.4. The summed E-state index contributed by atoms with van der Waals surface area (Å²) in [6.07, 6.45) is 3.43. The molecule has 7 nitrogen and oxygen atoms in total. The first kappa shape index (κ1) is 20.0. The molecule has 2 aromatic heterocycles. The van der Waals surface area contributed by atoms with Crippen LogP contribution in [0.3, 0.4) is 0 Å². The minimum atomic E-state index is -0.987. The average molecular weight is 502 g/mol. The van der Waals surface area contributed by atoms with Gasteiger partial charge in [-0.1, -0.05) is 36.4 Å². The fourth-order valence-corrected chi connectivity index (χ4v) is 5.42. The molecule has 33 heavy (non-hydrogen) atoms. The molecule has 1 aliphatic carbocycles. The van der Waals surface area contributed by atoms with Crippen LogP contribution in [0, 0.1) is 0 Å². The maximum absolute atomic E-state index is 11.3. The molecule has 1 fully saturated rings. The Kier molecular flexibility index (Phi) is 4.51. The van der Waals surface area contributed by atoms with Gasteiger partial charge in [-0.25, -0.2) is 14.8 Å². The molecule has 2 aliphatic rings. The Hall–Kier alpha value is -3.65. The molecule has 0 unspecified atom stereocenters. The van der Waals surface area contributed by atoms with E-state index in [4.69, 9.17) is 4.98 Å². The maximum atomic E-state index is 11.3. The van der Waals surface area contributed by atoms with Crippen LogP contribution in [0.1, 0.15) is 24.8 Å². The predicted octanol–water partition coefficient (Wildman–Crippen LogP) is 6.07. The second-order valence-corrected chi connectivity index (χ2v) is 9.15. The van der Waals surface area contributed by atoms with Crippen molar-refractivity contribution in [2.75, 3.05) is 5.32 Å². The highest BCUT2D eigenvalue weighted by Crippen LogP contribution is 2.44. The van der Waals surface area contributed by atoms with Crippen molar-refractivity contribution < 1.29 is 9.90 Å². The number of pyridine rings is 1. The molecule has 0 radical (unpaired) electrons. The number of amides is 1. The molecule has 8 heteroatoms. The lowest BCUT2D eigenvalue weighted by molar-refractivity contribution is 0.144. The van der Waals surface area contributed by atoms with Crippen molar-refractivity contribution in [2.45, 2.75) is 24.8 Å². The van der Waals surface area contributed by atoms with Gasteiger partial charge in [0.1, 0.15) is 16.1 Å². The number of anilines is 2. The highest BCUT2D eigenvalue weighted by molar-refractivity contribution is 9.10. The van der Waals surface area contributed by atoms with Gasteiger partial charge >= 0.3 is 6.09 Å². The third-order valence-corrected chi connectivity index (χ3v) is 7.26. The van der Waals surface area contributed by atoms with Gasteiger partial charge in [0.2, 0.25) is 0 Å². The molecular formula is C25H20BrN5O2. The molecule has 1 amide bonds. The summed E-state index contributed by atoms with van der Waals surface area (Å²) < 4.78 is 2.91. The Labute approximate surface area is 198 Å². The zero-order chi connectivity index (χ0) is 22.6. The van der Waals surface area contributed by atoms with E-state index in [-0.39, 0.29) is 0 Å². The van der Waals surface area contributed by atoms with Crippen LogP contribution in [0.5, 0.6) is 0 Å². The molecule has 0 saturated heterocycles. The molecule has 164 valence electrons. The summed E-state index contributed by atoms with van der Waals surface area (Å²) in [4.78, 5) is 20.9.